The maximum Gasteiger partial charge on any atom is 0.353 e. The highest BCUT2D eigenvalue weighted by Crippen LogP contribution is 2.45. The standard InChI is InChI=1S/C13H11N3O3S2/c17-11-9(12-16(11)10(5-21-12)13(18)19)4-7-3-8-1-2-20-6-15(8)14-7/h3-5,12H,1-2,6H2,(H,18,19)/b9-4-. The van der Waals surface area contributed by atoms with E-state index < -0.39 is 5.97 Å². The van der Waals surface area contributed by atoms with Crippen LogP contribution in [-0.4, -0.2) is 42.8 Å². The van der Waals surface area contributed by atoms with Gasteiger partial charge in [-0.05, 0) is 18.6 Å². The van der Waals surface area contributed by atoms with Gasteiger partial charge in [-0.25, -0.2) is 4.79 Å². The fourth-order valence-corrected chi connectivity index (χ4v) is 4.61. The summed E-state index contributed by atoms with van der Waals surface area (Å²) in [6.07, 6.45) is 2.77. The smallest absolute Gasteiger partial charge is 0.353 e. The third-order valence-electron chi connectivity index (χ3n) is 3.66. The van der Waals surface area contributed by atoms with Gasteiger partial charge in [0, 0.05) is 16.9 Å². The first kappa shape index (κ1) is 13.0. The van der Waals surface area contributed by atoms with Crippen molar-refractivity contribution in [3.8, 4) is 0 Å². The number of carbonyl (C=O) groups is 2. The third kappa shape index (κ3) is 1.93. The molecule has 1 atom stereocenters. The number of thioether (sulfide) groups is 2. The van der Waals surface area contributed by atoms with Crippen LogP contribution in [0.2, 0.25) is 0 Å². The van der Waals surface area contributed by atoms with E-state index in [4.69, 9.17) is 5.11 Å². The summed E-state index contributed by atoms with van der Waals surface area (Å²) in [5.41, 5.74) is 2.65. The van der Waals surface area contributed by atoms with Crippen LogP contribution in [0.15, 0.2) is 22.7 Å². The van der Waals surface area contributed by atoms with Crippen molar-refractivity contribution in [2.24, 2.45) is 0 Å². The Morgan fingerprint density at radius 2 is 2.38 bits per heavy atom. The van der Waals surface area contributed by atoms with Gasteiger partial charge in [-0.1, -0.05) is 0 Å². The lowest BCUT2D eigenvalue weighted by atomic mass is 10.0. The molecule has 0 radical (unpaired) electrons. The monoisotopic (exact) mass is 321 g/mol. The minimum absolute atomic E-state index is 0.0627. The number of aryl methyl sites for hydroxylation is 1. The molecule has 1 saturated heterocycles. The SMILES string of the molecule is O=C(O)C1=CSC2/C(=C\c3cc4n(n3)CSCC4)C(=O)N12. The summed E-state index contributed by atoms with van der Waals surface area (Å²) in [7, 11) is 0. The topological polar surface area (TPSA) is 75.4 Å². The molecule has 0 bridgehead atoms. The first-order chi connectivity index (χ1) is 10.1. The summed E-state index contributed by atoms with van der Waals surface area (Å²) >= 11 is 3.19. The molecule has 1 aromatic rings. The Hall–Kier alpha value is -1.67. The molecule has 4 heterocycles. The second-order valence-electron chi connectivity index (χ2n) is 4.92. The molecule has 1 N–H and O–H groups in total. The van der Waals surface area contributed by atoms with Crippen molar-refractivity contribution in [1.29, 1.82) is 0 Å². The average molecular weight is 321 g/mol. The largest absolute Gasteiger partial charge is 0.477 e. The average Bonchev–Trinajstić information content (AvgIpc) is 3.05. The van der Waals surface area contributed by atoms with E-state index in [1.807, 2.05) is 22.5 Å². The number of hydrogen-bond acceptors (Lipinski definition) is 5. The van der Waals surface area contributed by atoms with Crippen LogP contribution in [0.25, 0.3) is 6.08 Å². The number of aromatic nitrogens is 2. The lowest BCUT2D eigenvalue weighted by Crippen LogP contribution is -2.51. The number of nitrogens with zero attached hydrogens (tertiary/aromatic N) is 3. The van der Waals surface area contributed by atoms with E-state index in [1.54, 1.807) is 6.08 Å². The first-order valence-electron chi connectivity index (χ1n) is 6.44. The lowest BCUT2D eigenvalue weighted by molar-refractivity contribution is -0.141. The summed E-state index contributed by atoms with van der Waals surface area (Å²) in [4.78, 5) is 24.5. The Morgan fingerprint density at radius 1 is 1.52 bits per heavy atom. The van der Waals surface area contributed by atoms with Crippen molar-refractivity contribution in [2.75, 3.05) is 5.75 Å². The Morgan fingerprint density at radius 3 is 3.14 bits per heavy atom. The van der Waals surface area contributed by atoms with Gasteiger partial charge in [0.15, 0.2) is 0 Å². The summed E-state index contributed by atoms with van der Waals surface area (Å²) in [6.45, 7) is 0. The van der Waals surface area contributed by atoms with Crippen LogP contribution in [0.1, 0.15) is 11.4 Å². The summed E-state index contributed by atoms with van der Waals surface area (Å²) in [6, 6.07) is 2.01. The van der Waals surface area contributed by atoms with E-state index in [0.717, 1.165) is 23.7 Å². The van der Waals surface area contributed by atoms with Crippen LogP contribution < -0.4 is 0 Å². The maximum atomic E-state index is 12.1. The Labute approximate surface area is 128 Å². The fourth-order valence-electron chi connectivity index (χ4n) is 2.61. The number of carboxylic acids is 1. The number of rotatable bonds is 2. The number of β-lactam (4-membered cyclic amide) rings is 1. The second kappa shape index (κ2) is 4.67. The number of carbonyl (C=O) groups excluding carboxylic acids is 1. The van der Waals surface area contributed by atoms with Crippen molar-refractivity contribution in [1.82, 2.24) is 14.7 Å². The molecule has 1 amide bonds. The van der Waals surface area contributed by atoms with Gasteiger partial charge in [-0.15, -0.1) is 23.5 Å². The number of hydrogen-bond donors (Lipinski definition) is 1. The Balaban J connectivity index is 1.60. The molecule has 21 heavy (non-hydrogen) atoms. The van der Waals surface area contributed by atoms with Gasteiger partial charge in [-0.2, -0.15) is 5.10 Å². The predicted molar refractivity (Wildman–Crippen MR) is 80.3 cm³/mol. The van der Waals surface area contributed by atoms with Crippen LogP contribution >= 0.6 is 23.5 Å². The van der Waals surface area contributed by atoms with E-state index in [-0.39, 0.29) is 17.0 Å². The zero-order valence-corrected chi connectivity index (χ0v) is 12.5. The molecule has 1 unspecified atom stereocenters. The molecule has 3 aliphatic heterocycles. The Kier molecular flexibility index (Phi) is 2.90. The molecule has 3 aliphatic rings. The minimum Gasteiger partial charge on any atom is -0.477 e. The molecule has 6 nitrogen and oxygen atoms in total. The zero-order chi connectivity index (χ0) is 14.6. The van der Waals surface area contributed by atoms with Gasteiger partial charge in [0.05, 0.1) is 17.1 Å². The molecule has 0 aromatic carbocycles. The molecule has 1 aromatic heterocycles. The van der Waals surface area contributed by atoms with Crippen molar-refractivity contribution in [2.45, 2.75) is 17.7 Å². The van der Waals surface area contributed by atoms with Crippen LogP contribution in [0.5, 0.6) is 0 Å². The molecular weight excluding hydrogens is 310 g/mol. The number of fused-ring (bicyclic) bond motifs is 2. The third-order valence-corrected chi connectivity index (χ3v) is 5.66. The van der Waals surface area contributed by atoms with Crippen LogP contribution in [0.3, 0.4) is 0 Å². The molecule has 4 rings (SSSR count). The predicted octanol–water partition coefficient (Wildman–Crippen LogP) is 1.35. The van der Waals surface area contributed by atoms with E-state index in [9.17, 15) is 9.59 Å². The number of carboxylic acid groups (broad SMARTS) is 1. The van der Waals surface area contributed by atoms with E-state index in [2.05, 4.69) is 5.10 Å². The zero-order valence-electron chi connectivity index (χ0n) is 10.9. The summed E-state index contributed by atoms with van der Waals surface area (Å²) < 4.78 is 1.96. The quantitative estimate of drug-likeness (QED) is 0.655. The number of aliphatic carboxylic acids is 1. The number of amides is 1. The van der Waals surface area contributed by atoms with Crippen molar-refractivity contribution < 1.29 is 14.7 Å². The fraction of sp³-hybridized carbons (Fsp3) is 0.308. The highest BCUT2D eigenvalue weighted by molar-refractivity contribution is 8.03. The van der Waals surface area contributed by atoms with Crippen molar-refractivity contribution >= 4 is 41.5 Å². The lowest BCUT2D eigenvalue weighted by Gasteiger charge is -2.36. The van der Waals surface area contributed by atoms with E-state index in [0.29, 0.717) is 5.57 Å². The Bertz CT molecular complexity index is 699. The minimum atomic E-state index is -1.06. The maximum absolute atomic E-state index is 12.1. The van der Waals surface area contributed by atoms with E-state index >= 15 is 0 Å². The first-order valence-corrected chi connectivity index (χ1v) is 8.53. The van der Waals surface area contributed by atoms with Crippen LogP contribution in [0, 0.1) is 0 Å². The van der Waals surface area contributed by atoms with Crippen LogP contribution in [-0.2, 0) is 21.9 Å². The normalized spacial score (nSPS) is 25.4. The van der Waals surface area contributed by atoms with Gasteiger partial charge >= 0.3 is 5.97 Å². The molecule has 108 valence electrons. The summed E-state index contributed by atoms with van der Waals surface area (Å²) in [5, 5.41) is 14.8. The van der Waals surface area contributed by atoms with Gasteiger partial charge in [0.25, 0.3) is 5.91 Å². The van der Waals surface area contributed by atoms with Crippen molar-refractivity contribution in [3.63, 3.8) is 0 Å². The highest BCUT2D eigenvalue weighted by atomic mass is 32.2. The van der Waals surface area contributed by atoms with E-state index in [1.165, 1.54) is 27.8 Å². The molecule has 0 spiro atoms. The van der Waals surface area contributed by atoms with Crippen molar-refractivity contribution in [3.05, 3.63) is 34.1 Å². The molecular formula is C13H11N3O3S2. The molecule has 1 fully saturated rings. The second-order valence-corrected chi connectivity index (χ2v) is 6.95. The molecule has 0 saturated carbocycles. The van der Waals surface area contributed by atoms with Crippen LogP contribution in [0.4, 0.5) is 0 Å². The molecule has 8 heteroatoms. The van der Waals surface area contributed by atoms with Gasteiger partial charge in [-0.3, -0.25) is 14.4 Å². The molecule has 0 aliphatic carbocycles. The summed E-state index contributed by atoms with van der Waals surface area (Å²) in [5.74, 6) is 0.645. The van der Waals surface area contributed by atoms with Gasteiger partial charge in [0.2, 0.25) is 0 Å². The van der Waals surface area contributed by atoms with Gasteiger partial charge in [0.1, 0.15) is 11.1 Å². The van der Waals surface area contributed by atoms with Gasteiger partial charge < -0.3 is 5.11 Å². The highest BCUT2D eigenvalue weighted by Gasteiger charge is 2.49.